The Balaban J connectivity index is 1.85. The van der Waals surface area contributed by atoms with Crippen LogP contribution in [0.25, 0.3) is 0 Å². The van der Waals surface area contributed by atoms with Crippen molar-refractivity contribution in [3.63, 3.8) is 0 Å². The molecule has 1 fully saturated rings. The SMILES string of the molecule is C=CSNC1CCN(C(=O)CNc2cc(OC)c(Cl)cc2C)CC1. The van der Waals surface area contributed by atoms with Gasteiger partial charge in [0.25, 0.3) is 0 Å². The van der Waals surface area contributed by atoms with Crippen LogP contribution in [0.5, 0.6) is 5.75 Å². The number of rotatable bonds is 7. The zero-order chi connectivity index (χ0) is 17.5. The number of nitrogens with zero attached hydrogens (tertiary/aromatic N) is 1. The van der Waals surface area contributed by atoms with Gasteiger partial charge in [0.05, 0.1) is 18.7 Å². The van der Waals surface area contributed by atoms with Gasteiger partial charge in [-0.3, -0.25) is 9.52 Å². The number of carbonyl (C=O) groups excluding carboxylic acids is 1. The minimum Gasteiger partial charge on any atom is -0.495 e. The number of halogens is 1. The molecular weight excluding hydrogens is 346 g/mol. The van der Waals surface area contributed by atoms with E-state index in [-0.39, 0.29) is 12.5 Å². The first-order chi connectivity index (χ1) is 11.5. The van der Waals surface area contributed by atoms with E-state index in [4.69, 9.17) is 16.3 Å². The summed E-state index contributed by atoms with van der Waals surface area (Å²) in [6, 6.07) is 4.10. The molecule has 1 aromatic rings. The van der Waals surface area contributed by atoms with Gasteiger partial charge in [0.1, 0.15) is 5.75 Å². The lowest BCUT2D eigenvalue weighted by Gasteiger charge is -2.32. The van der Waals surface area contributed by atoms with Gasteiger partial charge in [0.15, 0.2) is 0 Å². The molecule has 0 spiro atoms. The first-order valence-corrected chi connectivity index (χ1v) is 9.18. The molecule has 0 bridgehead atoms. The maximum absolute atomic E-state index is 12.4. The highest BCUT2D eigenvalue weighted by atomic mass is 35.5. The van der Waals surface area contributed by atoms with Gasteiger partial charge in [-0.25, -0.2) is 0 Å². The quantitative estimate of drug-likeness (QED) is 0.721. The number of piperidine rings is 1. The van der Waals surface area contributed by atoms with Crippen LogP contribution in [0.1, 0.15) is 18.4 Å². The summed E-state index contributed by atoms with van der Waals surface area (Å²) in [6.45, 7) is 7.45. The Kier molecular flexibility index (Phi) is 7.27. The second-order valence-electron chi connectivity index (χ2n) is 5.71. The molecule has 132 valence electrons. The summed E-state index contributed by atoms with van der Waals surface area (Å²) in [6.07, 6.45) is 1.92. The van der Waals surface area contributed by atoms with Gasteiger partial charge in [0, 0.05) is 30.9 Å². The van der Waals surface area contributed by atoms with Crippen molar-refractivity contribution in [2.24, 2.45) is 0 Å². The Labute approximate surface area is 152 Å². The van der Waals surface area contributed by atoms with Crippen LogP contribution < -0.4 is 14.8 Å². The molecule has 1 aliphatic rings. The largest absolute Gasteiger partial charge is 0.495 e. The van der Waals surface area contributed by atoms with Gasteiger partial charge in [0.2, 0.25) is 5.91 Å². The fourth-order valence-electron chi connectivity index (χ4n) is 2.67. The van der Waals surface area contributed by atoms with E-state index in [0.717, 1.165) is 37.2 Å². The number of methoxy groups -OCH3 is 1. The maximum Gasteiger partial charge on any atom is 0.241 e. The lowest BCUT2D eigenvalue weighted by molar-refractivity contribution is -0.130. The van der Waals surface area contributed by atoms with Crippen molar-refractivity contribution < 1.29 is 9.53 Å². The van der Waals surface area contributed by atoms with Crippen LogP contribution in [0.3, 0.4) is 0 Å². The Morgan fingerprint density at radius 1 is 1.50 bits per heavy atom. The normalized spacial score (nSPS) is 15.2. The highest BCUT2D eigenvalue weighted by Gasteiger charge is 2.22. The van der Waals surface area contributed by atoms with Crippen molar-refractivity contribution >= 4 is 35.1 Å². The molecule has 1 aliphatic heterocycles. The van der Waals surface area contributed by atoms with Crippen LogP contribution in [0.15, 0.2) is 24.1 Å². The molecule has 1 aromatic carbocycles. The fraction of sp³-hybridized carbons (Fsp3) is 0.471. The van der Waals surface area contributed by atoms with Crippen LogP contribution in [-0.2, 0) is 4.79 Å². The second-order valence-corrected chi connectivity index (χ2v) is 6.92. The maximum atomic E-state index is 12.4. The highest BCUT2D eigenvalue weighted by Crippen LogP contribution is 2.30. The minimum atomic E-state index is 0.109. The molecule has 24 heavy (non-hydrogen) atoms. The summed E-state index contributed by atoms with van der Waals surface area (Å²) in [4.78, 5) is 14.3. The number of likely N-dealkylation sites (tertiary alicyclic amines) is 1. The third kappa shape index (κ3) is 5.06. The van der Waals surface area contributed by atoms with Crippen LogP contribution in [0.4, 0.5) is 5.69 Å². The Hall–Kier alpha value is -1.37. The summed E-state index contributed by atoms with van der Waals surface area (Å²) in [5, 5.41) is 5.54. The van der Waals surface area contributed by atoms with Crippen molar-refractivity contribution in [3.05, 3.63) is 34.7 Å². The molecule has 7 heteroatoms. The first kappa shape index (κ1) is 19.0. The molecule has 1 heterocycles. The number of nitrogens with one attached hydrogen (secondary N) is 2. The third-order valence-corrected chi connectivity index (χ3v) is 5.03. The van der Waals surface area contributed by atoms with Crippen LogP contribution in [0, 0.1) is 6.92 Å². The van der Waals surface area contributed by atoms with Crippen molar-refractivity contribution in [3.8, 4) is 5.75 Å². The monoisotopic (exact) mass is 369 g/mol. The second kappa shape index (κ2) is 9.20. The van der Waals surface area contributed by atoms with Crippen LogP contribution in [-0.4, -0.2) is 43.6 Å². The van der Waals surface area contributed by atoms with Crippen molar-refractivity contribution in [1.82, 2.24) is 9.62 Å². The smallest absolute Gasteiger partial charge is 0.241 e. The number of carbonyl (C=O) groups is 1. The van der Waals surface area contributed by atoms with Crippen molar-refractivity contribution in [2.45, 2.75) is 25.8 Å². The summed E-state index contributed by atoms with van der Waals surface area (Å²) in [7, 11) is 1.58. The van der Waals surface area contributed by atoms with Gasteiger partial charge in [-0.15, -0.1) is 0 Å². The number of amides is 1. The molecule has 0 aliphatic carbocycles. The number of benzene rings is 1. The average Bonchev–Trinajstić information content (AvgIpc) is 2.59. The van der Waals surface area contributed by atoms with Gasteiger partial charge in [-0.05, 0) is 36.8 Å². The molecule has 0 saturated carbocycles. The zero-order valence-electron chi connectivity index (χ0n) is 14.1. The number of anilines is 1. The van der Waals surface area contributed by atoms with Crippen molar-refractivity contribution in [1.29, 1.82) is 0 Å². The van der Waals surface area contributed by atoms with Crippen molar-refractivity contribution in [2.75, 3.05) is 32.1 Å². The van der Waals surface area contributed by atoms with E-state index in [1.54, 1.807) is 12.5 Å². The lowest BCUT2D eigenvalue weighted by Crippen LogP contribution is -2.45. The predicted molar refractivity (Wildman–Crippen MR) is 102 cm³/mol. The van der Waals surface area contributed by atoms with Crippen LogP contribution >= 0.6 is 23.5 Å². The van der Waals surface area contributed by atoms with Crippen LogP contribution in [0.2, 0.25) is 5.02 Å². The van der Waals surface area contributed by atoms with E-state index in [0.29, 0.717) is 16.8 Å². The topological polar surface area (TPSA) is 53.6 Å². The Morgan fingerprint density at radius 3 is 2.83 bits per heavy atom. The number of hydrogen-bond donors (Lipinski definition) is 2. The number of hydrogen-bond acceptors (Lipinski definition) is 5. The summed E-state index contributed by atoms with van der Waals surface area (Å²) in [5.74, 6) is 0.710. The van der Waals surface area contributed by atoms with E-state index in [2.05, 4.69) is 16.6 Å². The molecule has 2 N–H and O–H groups in total. The zero-order valence-corrected chi connectivity index (χ0v) is 15.7. The number of aryl methyl sites for hydroxylation is 1. The van der Waals surface area contributed by atoms with Gasteiger partial charge in [-0.1, -0.05) is 30.1 Å². The summed E-state index contributed by atoms with van der Waals surface area (Å²) < 4.78 is 8.56. The molecule has 0 atom stereocenters. The standard InChI is InChI=1S/C17H24ClN3O2S/c1-4-24-20-13-5-7-21(8-6-13)17(22)11-19-15-10-16(23-3)14(18)9-12(15)2/h4,9-10,13,19-20H,1,5-8,11H2,2-3H3. The van der Waals surface area contributed by atoms with E-state index in [9.17, 15) is 4.79 Å². The Bertz CT molecular complexity index is 589. The Morgan fingerprint density at radius 2 is 2.21 bits per heavy atom. The van der Waals surface area contributed by atoms with E-state index < -0.39 is 0 Å². The summed E-state index contributed by atoms with van der Waals surface area (Å²) >= 11 is 7.61. The molecule has 0 unspecified atom stereocenters. The molecule has 0 radical (unpaired) electrons. The third-order valence-electron chi connectivity index (χ3n) is 4.09. The van der Waals surface area contributed by atoms with Gasteiger partial charge < -0.3 is 15.0 Å². The highest BCUT2D eigenvalue weighted by molar-refractivity contribution is 8.00. The average molecular weight is 370 g/mol. The molecular formula is C17H24ClN3O2S. The molecule has 1 amide bonds. The molecule has 5 nitrogen and oxygen atoms in total. The summed E-state index contributed by atoms with van der Waals surface area (Å²) in [5.41, 5.74) is 1.85. The lowest BCUT2D eigenvalue weighted by atomic mass is 10.1. The van der Waals surface area contributed by atoms with E-state index in [1.807, 2.05) is 24.0 Å². The van der Waals surface area contributed by atoms with E-state index in [1.165, 1.54) is 11.9 Å². The predicted octanol–water partition coefficient (Wildman–Crippen LogP) is 3.44. The first-order valence-electron chi connectivity index (χ1n) is 7.93. The molecule has 1 saturated heterocycles. The molecule has 0 aromatic heterocycles. The van der Waals surface area contributed by atoms with Gasteiger partial charge in [-0.2, -0.15) is 0 Å². The fourth-order valence-corrected chi connectivity index (χ4v) is 3.49. The van der Waals surface area contributed by atoms with E-state index >= 15 is 0 Å². The molecule has 2 rings (SSSR count). The van der Waals surface area contributed by atoms with Gasteiger partial charge >= 0.3 is 0 Å². The number of ether oxygens (including phenoxy) is 1. The minimum absolute atomic E-state index is 0.109.